The summed E-state index contributed by atoms with van der Waals surface area (Å²) in [6.45, 7) is 0. The second-order valence-corrected chi connectivity index (χ2v) is 3.43. The zero-order valence-electron chi connectivity index (χ0n) is 6.22. The molecule has 2 heteroatoms. The van der Waals surface area contributed by atoms with Crippen molar-refractivity contribution in [1.29, 1.82) is 0 Å². The van der Waals surface area contributed by atoms with E-state index >= 15 is 0 Å². The summed E-state index contributed by atoms with van der Waals surface area (Å²) >= 11 is 5.54. The average molecular weight is 163 g/mol. The van der Waals surface area contributed by atoms with Crippen LogP contribution in [0.25, 0.3) is 0 Å². The number of hydrogen-bond acceptors (Lipinski definition) is 1. The first-order valence-electron chi connectivity index (χ1n) is 4.08. The third-order valence-electron chi connectivity index (χ3n) is 2.35. The Balaban J connectivity index is 2.24. The molecule has 10 heavy (non-hydrogen) atoms. The second kappa shape index (κ2) is 4.20. The molecule has 0 spiro atoms. The fourth-order valence-corrected chi connectivity index (χ4v) is 1.90. The SMILES string of the molecule is O[C@@H](CCl)C1CCCCC1. The third-order valence-corrected chi connectivity index (χ3v) is 2.67. The quantitative estimate of drug-likeness (QED) is 0.618. The molecule has 0 bridgehead atoms. The molecule has 0 aromatic rings. The van der Waals surface area contributed by atoms with Crippen molar-refractivity contribution in [2.75, 3.05) is 5.88 Å². The number of aliphatic hydroxyl groups excluding tert-OH is 1. The van der Waals surface area contributed by atoms with Crippen LogP contribution in [-0.2, 0) is 0 Å². The van der Waals surface area contributed by atoms with Crippen LogP contribution in [0, 0.1) is 5.92 Å². The first-order valence-corrected chi connectivity index (χ1v) is 4.62. The van der Waals surface area contributed by atoms with Gasteiger partial charge in [0.05, 0.1) is 6.10 Å². The lowest BCUT2D eigenvalue weighted by Crippen LogP contribution is -2.23. The van der Waals surface area contributed by atoms with Crippen molar-refractivity contribution in [2.24, 2.45) is 5.92 Å². The highest BCUT2D eigenvalue weighted by Crippen LogP contribution is 2.26. The molecule has 1 atom stereocenters. The molecule has 1 saturated carbocycles. The van der Waals surface area contributed by atoms with Crippen molar-refractivity contribution in [1.82, 2.24) is 0 Å². The van der Waals surface area contributed by atoms with Crippen LogP contribution in [0.4, 0.5) is 0 Å². The maximum absolute atomic E-state index is 9.35. The van der Waals surface area contributed by atoms with Gasteiger partial charge in [0.1, 0.15) is 0 Å². The fraction of sp³-hybridized carbons (Fsp3) is 1.00. The third kappa shape index (κ3) is 2.14. The highest BCUT2D eigenvalue weighted by atomic mass is 35.5. The van der Waals surface area contributed by atoms with Crippen LogP contribution < -0.4 is 0 Å². The molecular weight excluding hydrogens is 148 g/mol. The predicted molar refractivity (Wildman–Crippen MR) is 43.3 cm³/mol. The molecular formula is C8H15ClO. The van der Waals surface area contributed by atoms with E-state index in [0.29, 0.717) is 11.8 Å². The maximum atomic E-state index is 9.35. The lowest BCUT2D eigenvalue weighted by molar-refractivity contribution is 0.104. The van der Waals surface area contributed by atoms with Crippen molar-refractivity contribution in [3.05, 3.63) is 0 Å². The lowest BCUT2D eigenvalue weighted by atomic mass is 9.86. The molecule has 0 aromatic heterocycles. The Morgan fingerprint density at radius 1 is 1.30 bits per heavy atom. The second-order valence-electron chi connectivity index (χ2n) is 3.12. The Labute approximate surface area is 67.4 Å². The van der Waals surface area contributed by atoms with Crippen molar-refractivity contribution in [3.8, 4) is 0 Å². The number of halogens is 1. The highest BCUT2D eigenvalue weighted by Gasteiger charge is 2.20. The highest BCUT2D eigenvalue weighted by molar-refractivity contribution is 6.18. The van der Waals surface area contributed by atoms with Gasteiger partial charge in [-0.1, -0.05) is 19.3 Å². The summed E-state index contributed by atoms with van der Waals surface area (Å²) in [6, 6.07) is 0. The van der Waals surface area contributed by atoms with E-state index in [1.54, 1.807) is 0 Å². The van der Waals surface area contributed by atoms with E-state index < -0.39 is 0 Å². The van der Waals surface area contributed by atoms with Gasteiger partial charge < -0.3 is 5.11 Å². The summed E-state index contributed by atoms with van der Waals surface area (Å²) in [5, 5.41) is 9.35. The summed E-state index contributed by atoms with van der Waals surface area (Å²) in [7, 11) is 0. The summed E-state index contributed by atoms with van der Waals surface area (Å²) < 4.78 is 0. The standard InChI is InChI=1S/C8H15ClO/c9-6-8(10)7-4-2-1-3-5-7/h7-8,10H,1-6H2/t8-/m0/s1. The normalized spacial score (nSPS) is 24.6. The molecule has 0 amide bonds. The van der Waals surface area contributed by atoms with Crippen LogP contribution >= 0.6 is 11.6 Å². The van der Waals surface area contributed by atoms with Gasteiger partial charge in [-0.3, -0.25) is 0 Å². The predicted octanol–water partition coefficient (Wildman–Crippen LogP) is 2.17. The average Bonchev–Trinajstić information content (AvgIpc) is 2.05. The number of alkyl halides is 1. The Kier molecular flexibility index (Phi) is 3.50. The zero-order valence-corrected chi connectivity index (χ0v) is 6.98. The molecule has 0 saturated heterocycles. The molecule has 0 unspecified atom stereocenters. The van der Waals surface area contributed by atoms with E-state index in [0.717, 1.165) is 0 Å². The molecule has 60 valence electrons. The molecule has 1 aliphatic carbocycles. The molecule has 0 heterocycles. The molecule has 0 radical (unpaired) electrons. The first-order chi connectivity index (χ1) is 4.84. The van der Waals surface area contributed by atoms with Crippen LogP contribution in [0.3, 0.4) is 0 Å². The van der Waals surface area contributed by atoms with Gasteiger partial charge in [0, 0.05) is 5.88 Å². The monoisotopic (exact) mass is 162 g/mol. The van der Waals surface area contributed by atoms with E-state index in [4.69, 9.17) is 11.6 Å². The Bertz CT molecular complexity index is 89.3. The maximum Gasteiger partial charge on any atom is 0.0703 e. The molecule has 0 aliphatic heterocycles. The van der Waals surface area contributed by atoms with Crippen LogP contribution in [0.1, 0.15) is 32.1 Å². The van der Waals surface area contributed by atoms with E-state index in [-0.39, 0.29) is 6.10 Å². The van der Waals surface area contributed by atoms with Gasteiger partial charge in [-0.15, -0.1) is 11.6 Å². The van der Waals surface area contributed by atoms with Gasteiger partial charge in [0.25, 0.3) is 0 Å². The Morgan fingerprint density at radius 3 is 2.40 bits per heavy atom. The van der Waals surface area contributed by atoms with Gasteiger partial charge in [-0.25, -0.2) is 0 Å². The number of hydrogen-bond donors (Lipinski definition) is 1. The summed E-state index contributed by atoms with van der Waals surface area (Å²) in [5.41, 5.74) is 0. The molecule has 1 nitrogen and oxygen atoms in total. The molecule has 1 N–H and O–H groups in total. The van der Waals surface area contributed by atoms with Crippen LogP contribution in [0.5, 0.6) is 0 Å². The largest absolute Gasteiger partial charge is 0.392 e. The van der Waals surface area contributed by atoms with E-state index in [2.05, 4.69) is 0 Å². The summed E-state index contributed by atoms with van der Waals surface area (Å²) in [4.78, 5) is 0. The van der Waals surface area contributed by atoms with Crippen LogP contribution in [0.2, 0.25) is 0 Å². The minimum atomic E-state index is -0.248. The Hall–Kier alpha value is 0.250. The van der Waals surface area contributed by atoms with Crippen molar-refractivity contribution < 1.29 is 5.11 Å². The van der Waals surface area contributed by atoms with E-state index in [1.165, 1.54) is 32.1 Å². The molecule has 1 rings (SSSR count). The fourth-order valence-electron chi connectivity index (χ4n) is 1.64. The minimum Gasteiger partial charge on any atom is -0.392 e. The number of aliphatic hydroxyl groups is 1. The Morgan fingerprint density at radius 2 is 1.90 bits per heavy atom. The van der Waals surface area contributed by atoms with E-state index in [9.17, 15) is 5.11 Å². The van der Waals surface area contributed by atoms with Crippen molar-refractivity contribution in [2.45, 2.75) is 38.2 Å². The van der Waals surface area contributed by atoms with Gasteiger partial charge in [0.15, 0.2) is 0 Å². The lowest BCUT2D eigenvalue weighted by Gasteiger charge is -2.24. The minimum absolute atomic E-state index is 0.248. The van der Waals surface area contributed by atoms with Crippen LogP contribution in [-0.4, -0.2) is 17.1 Å². The zero-order chi connectivity index (χ0) is 7.40. The van der Waals surface area contributed by atoms with Crippen LogP contribution in [0.15, 0.2) is 0 Å². The topological polar surface area (TPSA) is 20.2 Å². The smallest absolute Gasteiger partial charge is 0.0703 e. The van der Waals surface area contributed by atoms with Crippen molar-refractivity contribution in [3.63, 3.8) is 0 Å². The molecule has 1 fully saturated rings. The van der Waals surface area contributed by atoms with Gasteiger partial charge in [-0.2, -0.15) is 0 Å². The first kappa shape index (κ1) is 8.35. The molecule has 0 aromatic carbocycles. The van der Waals surface area contributed by atoms with Gasteiger partial charge >= 0.3 is 0 Å². The van der Waals surface area contributed by atoms with Gasteiger partial charge in [-0.05, 0) is 18.8 Å². The van der Waals surface area contributed by atoms with E-state index in [1.807, 2.05) is 0 Å². The number of rotatable bonds is 2. The summed E-state index contributed by atoms with van der Waals surface area (Å²) in [6.07, 6.45) is 5.99. The van der Waals surface area contributed by atoms with Crippen molar-refractivity contribution >= 4 is 11.6 Å². The summed E-state index contributed by atoms with van der Waals surface area (Å²) in [5.74, 6) is 0.899. The molecule has 1 aliphatic rings. The van der Waals surface area contributed by atoms with Gasteiger partial charge in [0.2, 0.25) is 0 Å².